The molecule has 1 aliphatic rings. The van der Waals surface area contributed by atoms with Crippen molar-refractivity contribution < 1.29 is 27.5 Å². The largest absolute Gasteiger partial charge is 0.549 e. The summed E-state index contributed by atoms with van der Waals surface area (Å²) in [5.41, 5.74) is -1.75. The van der Waals surface area contributed by atoms with Crippen molar-refractivity contribution in [2.24, 2.45) is 5.41 Å². The highest BCUT2D eigenvalue weighted by Crippen LogP contribution is 2.49. The lowest BCUT2D eigenvalue weighted by atomic mass is 9.63. The summed E-state index contributed by atoms with van der Waals surface area (Å²) in [6, 6.07) is 4.20. The molecule has 27 heavy (non-hydrogen) atoms. The van der Waals surface area contributed by atoms with Gasteiger partial charge in [-0.1, -0.05) is 24.6 Å². The number of halogens is 5. The maximum Gasteiger partial charge on any atom is 0.389 e. The second-order valence-electron chi connectivity index (χ2n) is 6.65. The molecule has 3 unspecified atom stereocenters. The lowest BCUT2D eigenvalue weighted by molar-refractivity contribution is -0.320. The van der Waals surface area contributed by atoms with Crippen LogP contribution in [0.2, 0.25) is 5.02 Å². The van der Waals surface area contributed by atoms with Gasteiger partial charge in [-0.05, 0) is 31.0 Å². The van der Waals surface area contributed by atoms with Gasteiger partial charge in [-0.2, -0.15) is 18.4 Å². The summed E-state index contributed by atoms with van der Waals surface area (Å²) >= 11 is 6.08. The van der Waals surface area contributed by atoms with E-state index in [1.54, 1.807) is 0 Å². The van der Waals surface area contributed by atoms with E-state index in [1.807, 2.05) is 6.07 Å². The van der Waals surface area contributed by atoms with Crippen LogP contribution in [0.5, 0.6) is 0 Å². The summed E-state index contributed by atoms with van der Waals surface area (Å²) < 4.78 is 51.4. The average Bonchev–Trinajstić information content (AvgIpc) is 2.55. The molecule has 0 aliphatic carbocycles. The molecule has 0 aromatic heterocycles. The second kappa shape index (κ2) is 7.39. The second-order valence-corrected chi connectivity index (χ2v) is 7.06. The van der Waals surface area contributed by atoms with Crippen molar-refractivity contribution in [3.63, 3.8) is 0 Å². The number of benzene rings is 1. The predicted molar refractivity (Wildman–Crippen MR) is 87.8 cm³/mol. The van der Waals surface area contributed by atoms with Gasteiger partial charge in [0.15, 0.2) is 0 Å². The van der Waals surface area contributed by atoms with Gasteiger partial charge >= 0.3 is 6.18 Å². The van der Waals surface area contributed by atoms with E-state index in [0.717, 1.165) is 12.1 Å². The van der Waals surface area contributed by atoms with Crippen molar-refractivity contribution in [2.45, 2.75) is 44.8 Å². The van der Waals surface area contributed by atoms with E-state index in [2.05, 4.69) is 5.32 Å². The van der Waals surface area contributed by atoms with Gasteiger partial charge in [-0.3, -0.25) is 0 Å². The van der Waals surface area contributed by atoms with Crippen LogP contribution in [0.3, 0.4) is 0 Å². The smallest absolute Gasteiger partial charge is 0.389 e. The fourth-order valence-corrected chi connectivity index (χ4v) is 3.60. The van der Waals surface area contributed by atoms with E-state index in [0.29, 0.717) is 0 Å². The first-order valence-corrected chi connectivity index (χ1v) is 8.42. The minimum Gasteiger partial charge on any atom is -0.549 e. The molecular weight excluding hydrogens is 388 g/mol. The number of allylic oxidation sites excluding steroid dienone is 2. The van der Waals surface area contributed by atoms with Gasteiger partial charge in [0.05, 0.1) is 17.6 Å². The number of hydrogen-bond donors (Lipinski definition) is 1. The van der Waals surface area contributed by atoms with Gasteiger partial charge < -0.3 is 15.2 Å². The molecule has 0 fully saturated rings. The zero-order chi connectivity index (χ0) is 20.6. The number of nitrogens with zero attached hydrogens (tertiary/aromatic N) is 1. The number of nitriles is 1. The number of carboxylic acids is 1. The number of rotatable bonds is 4. The number of alkyl halides is 3. The molecule has 1 aliphatic heterocycles. The molecule has 3 atom stereocenters. The maximum absolute atomic E-state index is 13.4. The normalized spacial score (nSPS) is 25.7. The zero-order valence-electron chi connectivity index (χ0n) is 14.5. The predicted octanol–water partition coefficient (Wildman–Crippen LogP) is 3.43. The number of aliphatic carboxylic acids is 1. The molecule has 0 bridgehead atoms. The van der Waals surface area contributed by atoms with Crippen LogP contribution in [0.4, 0.5) is 17.6 Å². The van der Waals surface area contributed by atoms with Crippen molar-refractivity contribution in [1.82, 2.24) is 5.32 Å². The standard InChI is InChI=1S/C18H17ClF4N2O2/c1-9-17(2,16(26)27)15(11-4-3-10(20)7-13(11)19)12(8-24)14(25-9)5-6-18(21,22)23/h3-4,7,9,15,25H,5-6H2,1-2H3,(H,26,27)/p-1. The SMILES string of the molecule is CC1NC(CCC(F)(F)F)=C(C#N)C(c2ccc(F)cc2Cl)C1(C)C(=O)[O-]. The van der Waals surface area contributed by atoms with Crippen LogP contribution in [-0.2, 0) is 4.79 Å². The Balaban J connectivity index is 2.69. The molecule has 9 heteroatoms. The fraction of sp³-hybridized carbons (Fsp3) is 0.444. The van der Waals surface area contributed by atoms with Crippen LogP contribution in [0, 0.1) is 22.6 Å². The summed E-state index contributed by atoms with van der Waals surface area (Å²) in [5, 5.41) is 24.2. The first kappa shape index (κ1) is 21.0. The van der Waals surface area contributed by atoms with E-state index in [4.69, 9.17) is 11.6 Å². The molecule has 0 amide bonds. The average molecular weight is 404 g/mol. The monoisotopic (exact) mass is 403 g/mol. The van der Waals surface area contributed by atoms with Crippen LogP contribution in [-0.4, -0.2) is 18.2 Å². The summed E-state index contributed by atoms with van der Waals surface area (Å²) in [6.45, 7) is 2.80. The van der Waals surface area contributed by atoms with Crippen LogP contribution in [0.1, 0.15) is 38.2 Å². The Morgan fingerprint density at radius 2 is 2.07 bits per heavy atom. The van der Waals surface area contributed by atoms with Gasteiger partial charge in [0.2, 0.25) is 0 Å². The Labute approximate surface area is 158 Å². The van der Waals surface area contributed by atoms with Crippen molar-refractivity contribution in [2.75, 3.05) is 0 Å². The first-order valence-electron chi connectivity index (χ1n) is 8.04. The summed E-state index contributed by atoms with van der Waals surface area (Å²) in [5.74, 6) is -3.36. The third-order valence-corrected chi connectivity index (χ3v) is 5.32. The number of carbonyl (C=O) groups excluding carboxylic acids is 1. The molecule has 146 valence electrons. The van der Waals surface area contributed by atoms with Gasteiger partial charge in [-0.15, -0.1) is 0 Å². The minimum absolute atomic E-state index is 0.00792. The van der Waals surface area contributed by atoms with Crippen molar-refractivity contribution in [3.8, 4) is 6.07 Å². The quantitative estimate of drug-likeness (QED) is 0.781. The van der Waals surface area contributed by atoms with E-state index in [-0.39, 0.29) is 21.9 Å². The third-order valence-electron chi connectivity index (χ3n) is 5.00. The van der Waals surface area contributed by atoms with E-state index < -0.39 is 48.2 Å². The number of carbonyl (C=O) groups is 1. The van der Waals surface area contributed by atoms with Crippen molar-refractivity contribution >= 4 is 17.6 Å². The number of nitrogens with one attached hydrogen (secondary N) is 1. The number of carboxylic acid groups (broad SMARTS) is 1. The molecule has 2 rings (SSSR count). The van der Waals surface area contributed by atoms with Gasteiger partial charge in [0.1, 0.15) is 5.82 Å². The van der Waals surface area contributed by atoms with Crippen LogP contribution >= 0.6 is 11.6 Å². The van der Waals surface area contributed by atoms with Gasteiger partial charge in [0, 0.05) is 34.5 Å². The Kier molecular flexibility index (Phi) is 5.76. The lowest BCUT2D eigenvalue weighted by Gasteiger charge is -2.48. The highest BCUT2D eigenvalue weighted by atomic mass is 35.5. The molecule has 0 saturated heterocycles. The van der Waals surface area contributed by atoms with E-state index >= 15 is 0 Å². The fourth-order valence-electron chi connectivity index (χ4n) is 3.33. The number of hydrogen-bond acceptors (Lipinski definition) is 4. The third kappa shape index (κ3) is 4.03. The Hall–Kier alpha value is -2.27. The molecule has 0 radical (unpaired) electrons. The van der Waals surface area contributed by atoms with Crippen LogP contribution in [0.15, 0.2) is 29.5 Å². The first-order chi connectivity index (χ1) is 12.4. The Morgan fingerprint density at radius 3 is 2.56 bits per heavy atom. The molecule has 1 heterocycles. The lowest BCUT2D eigenvalue weighted by Crippen LogP contribution is -2.58. The summed E-state index contributed by atoms with van der Waals surface area (Å²) in [6.07, 6.45) is -6.15. The highest BCUT2D eigenvalue weighted by Gasteiger charge is 2.49. The Bertz CT molecular complexity index is 832. The van der Waals surface area contributed by atoms with Gasteiger partial charge in [-0.25, -0.2) is 4.39 Å². The Morgan fingerprint density at radius 1 is 1.44 bits per heavy atom. The van der Waals surface area contributed by atoms with Crippen molar-refractivity contribution in [3.05, 3.63) is 45.9 Å². The molecule has 4 nitrogen and oxygen atoms in total. The molecule has 1 aromatic rings. The van der Waals surface area contributed by atoms with Gasteiger partial charge in [0.25, 0.3) is 0 Å². The minimum atomic E-state index is -4.45. The zero-order valence-corrected chi connectivity index (χ0v) is 15.2. The van der Waals surface area contributed by atoms with Crippen LogP contribution in [0.25, 0.3) is 0 Å². The highest BCUT2D eigenvalue weighted by molar-refractivity contribution is 6.31. The van der Waals surface area contributed by atoms with Crippen LogP contribution < -0.4 is 10.4 Å². The van der Waals surface area contributed by atoms with E-state index in [9.17, 15) is 32.7 Å². The molecule has 0 saturated carbocycles. The molecular formula is C18H16ClF4N2O2-. The van der Waals surface area contributed by atoms with E-state index in [1.165, 1.54) is 19.9 Å². The topological polar surface area (TPSA) is 76.0 Å². The summed E-state index contributed by atoms with van der Waals surface area (Å²) in [7, 11) is 0. The van der Waals surface area contributed by atoms with Crippen molar-refractivity contribution in [1.29, 1.82) is 5.26 Å². The molecule has 0 spiro atoms. The molecule has 1 aromatic carbocycles. The maximum atomic E-state index is 13.4. The molecule has 1 N–H and O–H groups in total. The summed E-state index contributed by atoms with van der Waals surface area (Å²) in [4.78, 5) is 12.0.